The predicted octanol–water partition coefficient (Wildman–Crippen LogP) is 2.18. The van der Waals surface area contributed by atoms with Crippen LogP contribution in [0.5, 0.6) is 0 Å². The molecule has 1 aliphatic carbocycles. The lowest BCUT2D eigenvalue weighted by molar-refractivity contribution is -0.114. The first-order valence-corrected chi connectivity index (χ1v) is 6.53. The molecule has 2 rings (SSSR count). The van der Waals surface area contributed by atoms with E-state index in [0.717, 1.165) is 17.9 Å². The molecule has 0 aliphatic heterocycles. The molecule has 0 heterocycles. The summed E-state index contributed by atoms with van der Waals surface area (Å²) in [5, 5.41) is 6.29. The van der Waals surface area contributed by atoms with Crippen molar-refractivity contribution in [3.8, 4) is 0 Å². The molecule has 4 heteroatoms. The summed E-state index contributed by atoms with van der Waals surface area (Å²) in [6.07, 6.45) is 3.66. The summed E-state index contributed by atoms with van der Waals surface area (Å²) in [6, 6.07) is 8.31. The van der Waals surface area contributed by atoms with E-state index in [0.29, 0.717) is 12.0 Å². The lowest BCUT2D eigenvalue weighted by Crippen LogP contribution is -2.29. The first kappa shape index (κ1) is 12.9. The summed E-state index contributed by atoms with van der Waals surface area (Å²) in [7, 11) is 0. The Bertz CT molecular complexity index is 402. The van der Waals surface area contributed by atoms with Crippen molar-refractivity contribution in [1.82, 2.24) is 0 Å². The first-order chi connectivity index (χ1) is 8.69. The Morgan fingerprint density at radius 1 is 1.28 bits per heavy atom. The summed E-state index contributed by atoms with van der Waals surface area (Å²) in [4.78, 5) is 10.9. The minimum atomic E-state index is -0.0466. The third-order valence-electron chi connectivity index (χ3n) is 3.52. The molecule has 0 radical (unpaired) electrons. The Morgan fingerprint density at radius 3 is 2.56 bits per heavy atom. The number of carbonyl (C=O) groups excluding carboxylic acids is 1. The molecule has 1 aromatic rings. The second-order valence-corrected chi connectivity index (χ2v) is 4.94. The van der Waals surface area contributed by atoms with Gasteiger partial charge in [-0.05, 0) is 49.6 Å². The van der Waals surface area contributed by atoms with E-state index in [-0.39, 0.29) is 5.91 Å². The number of nitrogens with two attached hydrogens (primary N) is 1. The highest BCUT2D eigenvalue weighted by Gasteiger charge is 2.25. The molecule has 0 saturated heterocycles. The van der Waals surface area contributed by atoms with Crippen LogP contribution in [0.2, 0.25) is 0 Å². The van der Waals surface area contributed by atoms with Crippen molar-refractivity contribution in [2.75, 3.05) is 17.2 Å². The van der Waals surface area contributed by atoms with Gasteiger partial charge < -0.3 is 16.4 Å². The average molecular weight is 247 g/mol. The lowest BCUT2D eigenvalue weighted by atomic mass is 10.0. The molecular formula is C14H21N3O. The summed E-state index contributed by atoms with van der Waals surface area (Å²) < 4.78 is 0. The zero-order valence-corrected chi connectivity index (χ0v) is 10.8. The minimum absolute atomic E-state index is 0.0466. The Kier molecular flexibility index (Phi) is 4.20. The topological polar surface area (TPSA) is 67.2 Å². The SMILES string of the molecule is CC(=O)Nc1ccc(NC2CCCC2CN)cc1. The number of rotatable bonds is 4. The van der Waals surface area contributed by atoms with Gasteiger partial charge in [0.15, 0.2) is 0 Å². The van der Waals surface area contributed by atoms with E-state index in [9.17, 15) is 4.79 Å². The van der Waals surface area contributed by atoms with Gasteiger partial charge in [0.1, 0.15) is 0 Å². The maximum atomic E-state index is 10.9. The van der Waals surface area contributed by atoms with Crippen LogP contribution in [-0.2, 0) is 4.79 Å². The molecule has 1 aliphatic rings. The molecule has 4 N–H and O–H groups in total. The van der Waals surface area contributed by atoms with Crippen molar-refractivity contribution in [2.24, 2.45) is 11.7 Å². The number of benzene rings is 1. The molecule has 18 heavy (non-hydrogen) atoms. The van der Waals surface area contributed by atoms with E-state index in [4.69, 9.17) is 5.73 Å². The second-order valence-electron chi connectivity index (χ2n) is 4.94. The molecule has 2 unspecified atom stereocenters. The van der Waals surface area contributed by atoms with Gasteiger partial charge in [-0.3, -0.25) is 4.79 Å². The Labute approximate surface area is 108 Å². The number of amides is 1. The zero-order chi connectivity index (χ0) is 13.0. The molecule has 0 spiro atoms. The smallest absolute Gasteiger partial charge is 0.221 e. The van der Waals surface area contributed by atoms with Crippen LogP contribution in [0.15, 0.2) is 24.3 Å². The number of hydrogen-bond acceptors (Lipinski definition) is 3. The lowest BCUT2D eigenvalue weighted by Gasteiger charge is -2.20. The van der Waals surface area contributed by atoms with Gasteiger partial charge in [-0.2, -0.15) is 0 Å². The monoisotopic (exact) mass is 247 g/mol. The van der Waals surface area contributed by atoms with Gasteiger partial charge in [0, 0.05) is 24.3 Å². The third kappa shape index (κ3) is 3.23. The van der Waals surface area contributed by atoms with Crippen molar-refractivity contribution in [2.45, 2.75) is 32.2 Å². The molecule has 2 atom stereocenters. The number of anilines is 2. The van der Waals surface area contributed by atoms with Crippen LogP contribution in [0.1, 0.15) is 26.2 Å². The van der Waals surface area contributed by atoms with Crippen LogP contribution in [0.3, 0.4) is 0 Å². The van der Waals surface area contributed by atoms with Crippen LogP contribution in [-0.4, -0.2) is 18.5 Å². The summed E-state index contributed by atoms with van der Waals surface area (Å²) in [5.41, 5.74) is 7.69. The molecule has 1 fully saturated rings. The highest BCUT2D eigenvalue weighted by molar-refractivity contribution is 5.88. The molecule has 4 nitrogen and oxygen atoms in total. The molecule has 1 saturated carbocycles. The Hall–Kier alpha value is -1.55. The molecule has 1 aromatic carbocycles. The van der Waals surface area contributed by atoms with Gasteiger partial charge in [0.25, 0.3) is 0 Å². The fourth-order valence-corrected chi connectivity index (χ4v) is 2.58. The van der Waals surface area contributed by atoms with Crippen molar-refractivity contribution < 1.29 is 4.79 Å². The average Bonchev–Trinajstić information content (AvgIpc) is 2.78. The summed E-state index contributed by atoms with van der Waals surface area (Å²) >= 11 is 0. The van der Waals surface area contributed by atoms with Crippen LogP contribution < -0.4 is 16.4 Å². The number of nitrogens with one attached hydrogen (secondary N) is 2. The van der Waals surface area contributed by atoms with Crippen molar-refractivity contribution >= 4 is 17.3 Å². The predicted molar refractivity (Wildman–Crippen MR) is 74.6 cm³/mol. The van der Waals surface area contributed by atoms with E-state index in [1.54, 1.807) is 0 Å². The third-order valence-corrected chi connectivity index (χ3v) is 3.52. The van der Waals surface area contributed by atoms with Crippen molar-refractivity contribution in [1.29, 1.82) is 0 Å². The number of hydrogen-bond donors (Lipinski definition) is 3. The fraction of sp³-hybridized carbons (Fsp3) is 0.500. The highest BCUT2D eigenvalue weighted by Crippen LogP contribution is 2.28. The van der Waals surface area contributed by atoms with E-state index in [1.807, 2.05) is 24.3 Å². The quantitative estimate of drug-likeness (QED) is 0.764. The van der Waals surface area contributed by atoms with Gasteiger partial charge in [0.2, 0.25) is 5.91 Å². The summed E-state index contributed by atoms with van der Waals surface area (Å²) in [6.45, 7) is 2.26. The number of carbonyl (C=O) groups is 1. The molecule has 98 valence electrons. The molecule has 0 aromatic heterocycles. The standard InChI is InChI=1S/C14H21N3O/c1-10(18)16-12-5-7-13(8-6-12)17-14-4-2-3-11(14)9-15/h5-8,11,14,17H,2-4,9,15H2,1H3,(H,16,18). The van der Waals surface area contributed by atoms with E-state index >= 15 is 0 Å². The van der Waals surface area contributed by atoms with E-state index in [1.165, 1.54) is 26.2 Å². The molecule has 1 amide bonds. The normalized spacial score (nSPS) is 22.8. The van der Waals surface area contributed by atoms with Crippen molar-refractivity contribution in [3.63, 3.8) is 0 Å². The summed E-state index contributed by atoms with van der Waals surface area (Å²) in [5.74, 6) is 0.537. The fourth-order valence-electron chi connectivity index (χ4n) is 2.58. The maximum absolute atomic E-state index is 10.9. The van der Waals surface area contributed by atoms with Gasteiger partial charge in [-0.15, -0.1) is 0 Å². The maximum Gasteiger partial charge on any atom is 0.221 e. The van der Waals surface area contributed by atoms with Crippen LogP contribution in [0.25, 0.3) is 0 Å². The van der Waals surface area contributed by atoms with Crippen LogP contribution in [0.4, 0.5) is 11.4 Å². The van der Waals surface area contributed by atoms with Gasteiger partial charge in [-0.25, -0.2) is 0 Å². The van der Waals surface area contributed by atoms with Gasteiger partial charge in [-0.1, -0.05) is 6.42 Å². The van der Waals surface area contributed by atoms with Gasteiger partial charge >= 0.3 is 0 Å². The van der Waals surface area contributed by atoms with Crippen molar-refractivity contribution in [3.05, 3.63) is 24.3 Å². The highest BCUT2D eigenvalue weighted by atomic mass is 16.1. The second kappa shape index (κ2) is 5.87. The van der Waals surface area contributed by atoms with Gasteiger partial charge in [0.05, 0.1) is 0 Å². The van der Waals surface area contributed by atoms with E-state index in [2.05, 4.69) is 10.6 Å². The Morgan fingerprint density at radius 2 is 1.94 bits per heavy atom. The minimum Gasteiger partial charge on any atom is -0.382 e. The van der Waals surface area contributed by atoms with E-state index < -0.39 is 0 Å². The molecular weight excluding hydrogens is 226 g/mol. The largest absolute Gasteiger partial charge is 0.382 e. The zero-order valence-electron chi connectivity index (χ0n) is 10.8. The van der Waals surface area contributed by atoms with Crippen LogP contribution in [0, 0.1) is 5.92 Å². The molecule has 0 bridgehead atoms. The first-order valence-electron chi connectivity index (χ1n) is 6.53. The Balaban J connectivity index is 1.95. The van der Waals surface area contributed by atoms with Crippen LogP contribution >= 0.6 is 0 Å².